The smallest absolute Gasteiger partial charge is 0.260 e. The summed E-state index contributed by atoms with van der Waals surface area (Å²) in [5, 5.41) is 4.49. The molecular formula is C17H23Cl2N3O3S. The molecule has 0 bridgehead atoms. The molecule has 1 fully saturated rings. The maximum absolute atomic E-state index is 12.3. The second-order valence-corrected chi connectivity index (χ2v) is 9.02. The molecule has 9 heteroatoms. The highest BCUT2D eigenvalue weighted by Crippen LogP contribution is 2.33. The van der Waals surface area contributed by atoms with Crippen molar-refractivity contribution in [3.8, 4) is 0 Å². The number of nitrogens with one attached hydrogen (secondary N) is 1. The molecule has 0 aliphatic heterocycles. The van der Waals surface area contributed by atoms with Gasteiger partial charge in [0.1, 0.15) is 6.54 Å². The van der Waals surface area contributed by atoms with E-state index in [1.165, 1.54) is 25.3 Å². The lowest BCUT2D eigenvalue weighted by Crippen LogP contribution is -2.39. The van der Waals surface area contributed by atoms with E-state index in [0.29, 0.717) is 0 Å². The number of rotatable bonds is 5. The lowest BCUT2D eigenvalue weighted by atomic mass is 9.99. The molecule has 0 spiro atoms. The minimum atomic E-state index is -3.73. The molecule has 0 atom stereocenters. The predicted molar refractivity (Wildman–Crippen MR) is 107 cm³/mol. The minimum absolute atomic E-state index is 0.0822. The molecule has 0 aromatic heterocycles. The van der Waals surface area contributed by atoms with E-state index in [-0.39, 0.29) is 15.7 Å². The van der Waals surface area contributed by atoms with Gasteiger partial charge in [-0.05, 0) is 37.8 Å². The van der Waals surface area contributed by atoms with Gasteiger partial charge in [0.25, 0.3) is 5.91 Å². The van der Waals surface area contributed by atoms with Crippen molar-refractivity contribution in [1.29, 1.82) is 0 Å². The Morgan fingerprint density at radius 1 is 1.15 bits per heavy atom. The Bertz CT molecular complexity index is 771. The van der Waals surface area contributed by atoms with Gasteiger partial charge in [0.05, 0.1) is 22.0 Å². The number of carbonyl (C=O) groups is 1. The van der Waals surface area contributed by atoms with Crippen LogP contribution in [-0.4, -0.2) is 32.8 Å². The van der Waals surface area contributed by atoms with Crippen LogP contribution in [0.4, 0.5) is 5.69 Å². The van der Waals surface area contributed by atoms with E-state index in [0.717, 1.165) is 42.0 Å². The van der Waals surface area contributed by atoms with Crippen LogP contribution in [-0.2, 0) is 14.8 Å². The normalized spacial score (nSPS) is 15.7. The highest BCUT2D eigenvalue weighted by Gasteiger charge is 2.24. The van der Waals surface area contributed by atoms with Gasteiger partial charge in [-0.25, -0.2) is 13.8 Å². The van der Waals surface area contributed by atoms with E-state index >= 15 is 0 Å². The SMILES string of the molecule is CS(=O)(=O)N(CC(=O)NN=C1CCCCCCC1)c1cccc(Cl)c1Cl. The Hall–Kier alpha value is -1.31. The van der Waals surface area contributed by atoms with Crippen molar-refractivity contribution >= 4 is 50.5 Å². The highest BCUT2D eigenvalue weighted by atomic mass is 35.5. The molecule has 1 amide bonds. The second kappa shape index (κ2) is 9.58. The molecule has 0 saturated heterocycles. The van der Waals surface area contributed by atoms with Gasteiger partial charge in [0.2, 0.25) is 10.0 Å². The van der Waals surface area contributed by atoms with Crippen LogP contribution in [0.2, 0.25) is 10.0 Å². The fraction of sp³-hybridized carbons (Fsp3) is 0.529. The quantitative estimate of drug-likeness (QED) is 0.732. The van der Waals surface area contributed by atoms with Gasteiger partial charge in [0, 0.05) is 5.71 Å². The number of hydrazone groups is 1. The van der Waals surface area contributed by atoms with Gasteiger partial charge in [-0.2, -0.15) is 5.10 Å². The number of nitrogens with zero attached hydrogens (tertiary/aromatic N) is 2. The average Bonchev–Trinajstić information content (AvgIpc) is 2.53. The maximum atomic E-state index is 12.3. The number of anilines is 1. The fourth-order valence-corrected chi connectivity index (χ4v) is 4.11. The number of benzene rings is 1. The first-order valence-electron chi connectivity index (χ1n) is 8.55. The van der Waals surface area contributed by atoms with Gasteiger partial charge in [0.15, 0.2) is 0 Å². The molecule has 0 unspecified atom stereocenters. The van der Waals surface area contributed by atoms with E-state index in [4.69, 9.17) is 23.2 Å². The van der Waals surface area contributed by atoms with Crippen molar-refractivity contribution in [2.45, 2.75) is 44.9 Å². The number of hydrogen-bond donors (Lipinski definition) is 1. The Balaban J connectivity index is 2.11. The number of amides is 1. The Kier molecular flexibility index (Phi) is 7.73. The standard InChI is InChI=1S/C17H23Cl2N3O3S/c1-26(24,25)22(15-11-7-10-14(18)17(15)19)12-16(23)21-20-13-8-5-3-2-4-6-9-13/h7,10-11H,2-6,8-9,12H2,1H3,(H,21,23). The van der Waals surface area contributed by atoms with E-state index in [1.54, 1.807) is 12.1 Å². The summed E-state index contributed by atoms with van der Waals surface area (Å²) in [4.78, 5) is 12.3. The number of carbonyl (C=O) groups excluding carboxylic acids is 1. The number of halogens is 2. The van der Waals surface area contributed by atoms with Crippen LogP contribution >= 0.6 is 23.2 Å². The summed E-state index contributed by atoms with van der Waals surface area (Å²) in [6.45, 7) is -0.421. The summed E-state index contributed by atoms with van der Waals surface area (Å²) >= 11 is 12.1. The van der Waals surface area contributed by atoms with E-state index < -0.39 is 22.5 Å². The predicted octanol–water partition coefficient (Wildman–Crippen LogP) is 3.98. The Morgan fingerprint density at radius 3 is 2.38 bits per heavy atom. The lowest BCUT2D eigenvalue weighted by molar-refractivity contribution is -0.119. The third kappa shape index (κ3) is 6.14. The van der Waals surface area contributed by atoms with Gasteiger partial charge < -0.3 is 0 Å². The minimum Gasteiger partial charge on any atom is -0.271 e. The van der Waals surface area contributed by atoms with Crippen molar-refractivity contribution < 1.29 is 13.2 Å². The Morgan fingerprint density at radius 2 is 1.77 bits per heavy atom. The Labute approximate surface area is 164 Å². The van der Waals surface area contributed by atoms with Crippen LogP contribution in [0.5, 0.6) is 0 Å². The highest BCUT2D eigenvalue weighted by molar-refractivity contribution is 7.92. The summed E-state index contributed by atoms with van der Waals surface area (Å²) in [6.07, 6.45) is 8.42. The average molecular weight is 420 g/mol. The zero-order valence-electron chi connectivity index (χ0n) is 14.7. The summed E-state index contributed by atoms with van der Waals surface area (Å²) in [6, 6.07) is 4.63. The molecular weight excluding hydrogens is 397 g/mol. The van der Waals surface area contributed by atoms with Gasteiger partial charge >= 0.3 is 0 Å². The molecule has 1 saturated carbocycles. The first-order valence-corrected chi connectivity index (χ1v) is 11.2. The van der Waals surface area contributed by atoms with Crippen LogP contribution < -0.4 is 9.73 Å². The van der Waals surface area contributed by atoms with Crippen molar-refractivity contribution in [3.63, 3.8) is 0 Å². The third-order valence-electron chi connectivity index (χ3n) is 4.16. The van der Waals surface area contributed by atoms with Crippen LogP contribution in [0.3, 0.4) is 0 Å². The van der Waals surface area contributed by atoms with Gasteiger partial charge in [-0.15, -0.1) is 0 Å². The molecule has 1 aromatic rings. The summed E-state index contributed by atoms with van der Waals surface area (Å²) in [7, 11) is -3.73. The van der Waals surface area contributed by atoms with E-state index in [9.17, 15) is 13.2 Å². The van der Waals surface area contributed by atoms with E-state index in [2.05, 4.69) is 10.5 Å². The largest absolute Gasteiger partial charge is 0.271 e. The summed E-state index contributed by atoms with van der Waals surface area (Å²) in [5.74, 6) is -0.527. The summed E-state index contributed by atoms with van der Waals surface area (Å²) < 4.78 is 25.2. The zero-order chi connectivity index (χ0) is 19.2. The molecule has 1 aliphatic rings. The summed E-state index contributed by atoms with van der Waals surface area (Å²) in [5.41, 5.74) is 3.59. The molecule has 6 nitrogen and oxygen atoms in total. The molecule has 26 heavy (non-hydrogen) atoms. The van der Waals surface area contributed by atoms with Crippen LogP contribution in [0.15, 0.2) is 23.3 Å². The third-order valence-corrected chi connectivity index (χ3v) is 6.09. The van der Waals surface area contributed by atoms with Crippen LogP contribution in [0.25, 0.3) is 0 Å². The molecule has 1 aliphatic carbocycles. The zero-order valence-corrected chi connectivity index (χ0v) is 17.0. The van der Waals surface area contributed by atoms with Crippen LogP contribution in [0, 0.1) is 0 Å². The number of sulfonamides is 1. The first-order chi connectivity index (χ1) is 12.3. The first kappa shape index (κ1) is 21.0. The van der Waals surface area contributed by atoms with Crippen molar-refractivity contribution in [1.82, 2.24) is 5.43 Å². The molecule has 0 heterocycles. The monoisotopic (exact) mass is 419 g/mol. The fourth-order valence-electron chi connectivity index (χ4n) is 2.80. The van der Waals surface area contributed by atoms with Crippen LogP contribution in [0.1, 0.15) is 44.9 Å². The molecule has 2 rings (SSSR count). The van der Waals surface area contributed by atoms with Gasteiger partial charge in [-0.3, -0.25) is 9.10 Å². The molecule has 144 valence electrons. The van der Waals surface area contributed by atoms with Gasteiger partial charge in [-0.1, -0.05) is 48.5 Å². The second-order valence-electron chi connectivity index (χ2n) is 6.32. The van der Waals surface area contributed by atoms with Crippen molar-refractivity contribution in [2.75, 3.05) is 17.1 Å². The molecule has 0 radical (unpaired) electrons. The lowest BCUT2D eigenvalue weighted by Gasteiger charge is -2.22. The number of hydrogen-bond acceptors (Lipinski definition) is 4. The van der Waals surface area contributed by atoms with E-state index in [1.807, 2.05) is 0 Å². The molecule has 1 aromatic carbocycles. The molecule has 1 N–H and O–H groups in total. The van der Waals surface area contributed by atoms with Crippen molar-refractivity contribution in [2.24, 2.45) is 5.10 Å². The van der Waals surface area contributed by atoms with Crippen molar-refractivity contribution in [3.05, 3.63) is 28.2 Å². The topological polar surface area (TPSA) is 78.8 Å². The maximum Gasteiger partial charge on any atom is 0.260 e.